The molecule has 1 aliphatic rings. The zero-order valence-electron chi connectivity index (χ0n) is 12.3. The number of carbonyl (C=O) groups excluding carboxylic acids is 2. The second-order valence-electron chi connectivity index (χ2n) is 5.40. The Morgan fingerprint density at radius 3 is 2.55 bits per heavy atom. The number of hydrogen-bond donors (Lipinski definition) is 2. The first-order valence-electron chi connectivity index (χ1n) is 7.16. The number of hydrogen-bond acceptors (Lipinski definition) is 3. The fourth-order valence-corrected chi connectivity index (χ4v) is 2.91. The van der Waals surface area contributed by atoms with Gasteiger partial charge in [0.2, 0.25) is 0 Å². The molecule has 0 bridgehead atoms. The maximum absolute atomic E-state index is 12.0. The third-order valence-electron chi connectivity index (χ3n) is 3.84. The molecule has 22 heavy (non-hydrogen) atoms. The number of quaternary nitrogens is 1. The molecule has 7 heteroatoms. The highest BCUT2D eigenvalue weighted by molar-refractivity contribution is 6.42. The average molecular weight is 346 g/mol. The van der Waals surface area contributed by atoms with E-state index in [1.807, 2.05) is 0 Å². The molecule has 1 amide bonds. The van der Waals surface area contributed by atoms with Crippen LogP contribution in [-0.2, 0) is 14.3 Å². The summed E-state index contributed by atoms with van der Waals surface area (Å²) in [6, 6.07) is 4.99. The molecular formula is C15H19Cl2N2O3+. The van der Waals surface area contributed by atoms with Crippen LogP contribution in [0.25, 0.3) is 0 Å². The van der Waals surface area contributed by atoms with Gasteiger partial charge in [-0.3, -0.25) is 9.59 Å². The van der Waals surface area contributed by atoms with Crippen molar-refractivity contribution in [2.75, 3.05) is 32.1 Å². The molecule has 1 aromatic rings. The van der Waals surface area contributed by atoms with Crippen molar-refractivity contribution < 1.29 is 19.2 Å². The van der Waals surface area contributed by atoms with Crippen LogP contribution in [0.1, 0.15) is 12.8 Å². The maximum atomic E-state index is 12.0. The molecule has 1 saturated heterocycles. The molecule has 0 radical (unpaired) electrons. The van der Waals surface area contributed by atoms with E-state index >= 15 is 0 Å². The lowest BCUT2D eigenvalue weighted by atomic mass is 9.97. The molecule has 1 aliphatic heterocycles. The number of nitrogens with one attached hydrogen (secondary N) is 2. The lowest BCUT2D eigenvalue weighted by molar-refractivity contribution is -0.897. The van der Waals surface area contributed by atoms with Gasteiger partial charge in [0.15, 0.2) is 6.54 Å². The predicted octanol–water partition coefficient (Wildman–Crippen LogP) is 1.40. The van der Waals surface area contributed by atoms with E-state index in [0.717, 1.165) is 30.8 Å². The number of amides is 1. The van der Waals surface area contributed by atoms with Crippen LogP contribution in [-0.4, -0.2) is 38.6 Å². The van der Waals surface area contributed by atoms with Crippen LogP contribution in [0.3, 0.4) is 0 Å². The summed E-state index contributed by atoms with van der Waals surface area (Å²) >= 11 is 11.8. The van der Waals surface area contributed by atoms with Crippen molar-refractivity contribution in [2.24, 2.45) is 5.92 Å². The maximum Gasteiger partial charge on any atom is 0.309 e. The quantitative estimate of drug-likeness (QED) is 0.811. The Bertz CT molecular complexity index is 558. The zero-order chi connectivity index (χ0) is 16.1. The molecule has 1 heterocycles. The first-order chi connectivity index (χ1) is 10.5. The van der Waals surface area contributed by atoms with Crippen LogP contribution < -0.4 is 10.2 Å². The summed E-state index contributed by atoms with van der Waals surface area (Å²) in [5.41, 5.74) is 0.628. The summed E-state index contributed by atoms with van der Waals surface area (Å²) in [6.45, 7) is 1.94. The van der Waals surface area contributed by atoms with E-state index < -0.39 is 0 Å². The summed E-state index contributed by atoms with van der Waals surface area (Å²) in [5, 5.41) is 3.67. The van der Waals surface area contributed by atoms with Crippen LogP contribution in [0.2, 0.25) is 10.0 Å². The molecule has 1 fully saturated rings. The second-order valence-corrected chi connectivity index (χ2v) is 6.22. The Morgan fingerprint density at radius 1 is 1.27 bits per heavy atom. The average Bonchev–Trinajstić information content (AvgIpc) is 2.51. The molecule has 0 unspecified atom stereocenters. The summed E-state index contributed by atoms with van der Waals surface area (Å²) in [4.78, 5) is 24.7. The van der Waals surface area contributed by atoms with Crippen LogP contribution >= 0.6 is 23.2 Å². The van der Waals surface area contributed by atoms with Gasteiger partial charge in [0.05, 0.1) is 36.2 Å². The highest BCUT2D eigenvalue weighted by Gasteiger charge is 2.29. The van der Waals surface area contributed by atoms with E-state index in [1.165, 1.54) is 7.11 Å². The summed E-state index contributed by atoms with van der Waals surface area (Å²) in [5.74, 6) is -0.268. The number of benzene rings is 1. The number of piperidine rings is 1. The summed E-state index contributed by atoms with van der Waals surface area (Å²) < 4.78 is 4.76. The van der Waals surface area contributed by atoms with E-state index in [0.29, 0.717) is 22.3 Å². The van der Waals surface area contributed by atoms with Gasteiger partial charge in [0.1, 0.15) is 0 Å². The van der Waals surface area contributed by atoms with Crippen molar-refractivity contribution in [3.05, 3.63) is 28.2 Å². The Morgan fingerprint density at radius 2 is 1.95 bits per heavy atom. The minimum absolute atomic E-state index is 0.0353. The van der Waals surface area contributed by atoms with Crippen LogP contribution in [0.4, 0.5) is 5.69 Å². The first kappa shape index (κ1) is 17.1. The Hall–Kier alpha value is -1.30. The third-order valence-corrected chi connectivity index (χ3v) is 4.58. The van der Waals surface area contributed by atoms with Crippen molar-refractivity contribution in [2.45, 2.75) is 12.8 Å². The number of likely N-dealkylation sites (tertiary alicyclic amines) is 1. The fraction of sp³-hybridized carbons (Fsp3) is 0.467. The van der Waals surface area contributed by atoms with Crippen molar-refractivity contribution in [3.63, 3.8) is 0 Å². The molecule has 2 rings (SSSR count). The number of rotatable bonds is 4. The second kappa shape index (κ2) is 7.81. The van der Waals surface area contributed by atoms with Gasteiger partial charge in [-0.15, -0.1) is 0 Å². The number of ether oxygens (including phenoxy) is 1. The lowest BCUT2D eigenvalue weighted by Gasteiger charge is -2.27. The van der Waals surface area contributed by atoms with Crippen LogP contribution in [0.15, 0.2) is 18.2 Å². The van der Waals surface area contributed by atoms with E-state index in [-0.39, 0.29) is 17.8 Å². The molecule has 0 aliphatic carbocycles. The van der Waals surface area contributed by atoms with Crippen molar-refractivity contribution in [3.8, 4) is 0 Å². The van der Waals surface area contributed by atoms with E-state index in [4.69, 9.17) is 27.9 Å². The number of anilines is 1. The van der Waals surface area contributed by atoms with Gasteiger partial charge in [0.25, 0.3) is 5.91 Å². The highest BCUT2D eigenvalue weighted by atomic mass is 35.5. The molecule has 0 saturated carbocycles. The van der Waals surface area contributed by atoms with Crippen molar-refractivity contribution >= 4 is 40.8 Å². The highest BCUT2D eigenvalue weighted by Crippen LogP contribution is 2.24. The van der Waals surface area contributed by atoms with Gasteiger partial charge in [-0.1, -0.05) is 23.2 Å². The monoisotopic (exact) mass is 345 g/mol. The van der Waals surface area contributed by atoms with Gasteiger partial charge in [0, 0.05) is 18.5 Å². The minimum Gasteiger partial charge on any atom is -0.469 e. The molecule has 0 spiro atoms. The number of carbonyl (C=O) groups is 2. The standard InChI is InChI=1S/C15H18Cl2N2O3/c1-22-15(21)10-4-6-19(7-5-10)9-14(20)18-11-2-3-12(16)13(17)8-11/h2-3,8,10H,4-7,9H2,1H3,(H,18,20)/p+1. The summed E-state index contributed by atoms with van der Waals surface area (Å²) in [6.07, 6.45) is 1.50. The first-order valence-corrected chi connectivity index (χ1v) is 7.91. The molecular weight excluding hydrogens is 327 g/mol. The van der Waals surface area contributed by atoms with Gasteiger partial charge in [-0.25, -0.2) is 0 Å². The van der Waals surface area contributed by atoms with Gasteiger partial charge >= 0.3 is 5.97 Å². The van der Waals surface area contributed by atoms with Crippen LogP contribution in [0.5, 0.6) is 0 Å². The van der Waals surface area contributed by atoms with Crippen LogP contribution in [0, 0.1) is 5.92 Å². The van der Waals surface area contributed by atoms with Gasteiger partial charge < -0.3 is 15.0 Å². The zero-order valence-corrected chi connectivity index (χ0v) is 13.8. The smallest absolute Gasteiger partial charge is 0.309 e. The Labute approximate surface area is 139 Å². The van der Waals surface area contributed by atoms with Crippen molar-refractivity contribution in [1.82, 2.24) is 0 Å². The largest absolute Gasteiger partial charge is 0.469 e. The SMILES string of the molecule is COC(=O)C1CC[NH+](CC(=O)Nc2ccc(Cl)c(Cl)c2)CC1. The third kappa shape index (κ3) is 4.60. The molecule has 5 nitrogen and oxygen atoms in total. The molecule has 0 aromatic heterocycles. The van der Waals surface area contributed by atoms with Crippen molar-refractivity contribution in [1.29, 1.82) is 0 Å². The molecule has 2 N–H and O–H groups in total. The fourth-order valence-electron chi connectivity index (χ4n) is 2.61. The normalized spacial score (nSPS) is 21.2. The topological polar surface area (TPSA) is 59.8 Å². The number of methoxy groups -OCH3 is 1. The molecule has 1 aromatic carbocycles. The van der Waals surface area contributed by atoms with E-state index in [9.17, 15) is 9.59 Å². The van der Waals surface area contributed by atoms with E-state index in [1.54, 1.807) is 18.2 Å². The Kier molecular flexibility index (Phi) is 6.06. The minimum atomic E-state index is -0.153. The van der Waals surface area contributed by atoms with Gasteiger partial charge in [-0.05, 0) is 18.2 Å². The molecule has 120 valence electrons. The predicted molar refractivity (Wildman–Crippen MR) is 85.4 cm³/mol. The summed E-state index contributed by atoms with van der Waals surface area (Å²) in [7, 11) is 1.41. The number of esters is 1. The number of halogens is 2. The lowest BCUT2D eigenvalue weighted by Crippen LogP contribution is -3.14. The Balaban J connectivity index is 1.80. The van der Waals surface area contributed by atoms with Gasteiger partial charge in [-0.2, -0.15) is 0 Å². The molecule has 0 atom stereocenters. The van der Waals surface area contributed by atoms with E-state index in [2.05, 4.69) is 5.32 Å².